The minimum absolute atomic E-state index is 0.122. The summed E-state index contributed by atoms with van der Waals surface area (Å²) >= 11 is 1.42. The number of hydrogen-bond donors (Lipinski definition) is 1. The Morgan fingerprint density at radius 1 is 1.36 bits per heavy atom. The highest BCUT2D eigenvalue weighted by atomic mass is 32.1. The lowest BCUT2D eigenvalue weighted by Crippen LogP contribution is -2.50. The maximum atomic E-state index is 12.4. The second-order valence-electron chi connectivity index (χ2n) is 5.71. The number of amides is 2. The molecule has 0 unspecified atom stereocenters. The first kappa shape index (κ1) is 17.6. The molecule has 9 nitrogen and oxygen atoms in total. The molecule has 1 aliphatic rings. The fourth-order valence-electron chi connectivity index (χ4n) is 2.54. The molecule has 0 atom stereocenters. The van der Waals surface area contributed by atoms with Gasteiger partial charge < -0.3 is 14.5 Å². The Bertz CT molecular complexity index is 694. The van der Waals surface area contributed by atoms with Crippen molar-refractivity contribution in [2.75, 3.05) is 50.1 Å². The third-order valence-electron chi connectivity index (χ3n) is 4.01. The van der Waals surface area contributed by atoms with Crippen LogP contribution in [0.25, 0.3) is 0 Å². The molecule has 0 saturated carbocycles. The Morgan fingerprint density at radius 2 is 2.16 bits per heavy atom. The largest absolute Gasteiger partial charge is 0.383 e. The fourth-order valence-corrected chi connectivity index (χ4v) is 3.35. The first-order valence-corrected chi connectivity index (χ1v) is 9.12. The molecule has 0 aliphatic carbocycles. The van der Waals surface area contributed by atoms with Crippen LogP contribution in [-0.2, 0) is 17.7 Å². The van der Waals surface area contributed by atoms with Gasteiger partial charge in [0.25, 0.3) is 0 Å². The molecule has 1 aliphatic heterocycles. The van der Waals surface area contributed by atoms with Crippen LogP contribution in [0, 0.1) is 0 Å². The summed E-state index contributed by atoms with van der Waals surface area (Å²) in [6, 6.07) is 1.67. The maximum Gasteiger partial charge on any atom is 0.323 e. The van der Waals surface area contributed by atoms with Gasteiger partial charge in [-0.1, -0.05) is 6.92 Å². The van der Waals surface area contributed by atoms with E-state index in [0.717, 1.165) is 30.5 Å². The van der Waals surface area contributed by atoms with Gasteiger partial charge in [-0.2, -0.15) is 9.47 Å². The molecule has 10 heteroatoms. The fraction of sp³-hybridized carbons (Fsp3) is 0.600. The average molecular weight is 365 g/mol. The van der Waals surface area contributed by atoms with E-state index in [1.165, 1.54) is 11.5 Å². The topological polar surface area (TPSA) is 88.4 Å². The molecule has 3 heterocycles. The van der Waals surface area contributed by atoms with Gasteiger partial charge in [-0.3, -0.25) is 10.00 Å². The Balaban J connectivity index is 1.48. The van der Waals surface area contributed by atoms with Crippen molar-refractivity contribution >= 4 is 28.5 Å². The maximum absolute atomic E-state index is 12.4. The van der Waals surface area contributed by atoms with Gasteiger partial charge in [0, 0.05) is 63.5 Å². The van der Waals surface area contributed by atoms with Crippen molar-refractivity contribution in [2.45, 2.75) is 19.9 Å². The molecule has 0 bridgehead atoms. The lowest BCUT2D eigenvalue weighted by molar-refractivity contribution is 0.183. The zero-order valence-corrected chi connectivity index (χ0v) is 15.3. The zero-order valence-electron chi connectivity index (χ0n) is 14.5. The summed E-state index contributed by atoms with van der Waals surface area (Å²) in [5.74, 6) is 1.43. The van der Waals surface area contributed by atoms with Gasteiger partial charge in [0.2, 0.25) is 5.13 Å². The molecule has 1 fully saturated rings. The quantitative estimate of drug-likeness (QED) is 0.830. The average Bonchev–Trinajstić information content (AvgIpc) is 3.29. The van der Waals surface area contributed by atoms with Crippen LogP contribution in [0.2, 0.25) is 0 Å². The highest BCUT2D eigenvalue weighted by Gasteiger charge is 2.23. The predicted molar refractivity (Wildman–Crippen MR) is 96.2 cm³/mol. The molecular weight excluding hydrogens is 342 g/mol. The number of nitrogens with one attached hydrogen (secondary N) is 1. The van der Waals surface area contributed by atoms with Gasteiger partial charge in [-0.15, -0.1) is 0 Å². The monoisotopic (exact) mass is 365 g/mol. The first-order valence-electron chi connectivity index (χ1n) is 8.35. The van der Waals surface area contributed by atoms with Crippen LogP contribution in [0.4, 0.5) is 15.7 Å². The highest BCUT2D eigenvalue weighted by Crippen LogP contribution is 2.19. The molecule has 3 rings (SSSR count). The van der Waals surface area contributed by atoms with E-state index in [4.69, 9.17) is 4.74 Å². The van der Waals surface area contributed by atoms with Crippen molar-refractivity contribution in [1.29, 1.82) is 0 Å². The molecule has 2 aromatic heterocycles. The predicted octanol–water partition coefficient (Wildman–Crippen LogP) is 1.30. The molecule has 136 valence electrons. The Hall–Kier alpha value is -2.20. The van der Waals surface area contributed by atoms with Crippen LogP contribution < -0.4 is 10.2 Å². The normalized spacial score (nSPS) is 14.8. The molecule has 2 aromatic rings. The molecule has 0 spiro atoms. The zero-order chi connectivity index (χ0) is 17.6. The van der Waals surface area contributed by atoms with Gasteiger partial charge >= 0.3 is 6.03 Å². The summed E-state index contributed by atoms with van der Waals surface area (Å²) < 4.78 is 11.1. The van der Waals surface area contributed by atoms with Crippen molar-refractivity contribution in [2.24, 2.45) is 0 Å². The second kappa shape index (κ2) is 8.26. The lowest BCUT2D eigenvalue weighted by Gasteiger charge is -2.34. The molecule has 1 N–H and O–H groups in total. The van der Waals surface area contributed by atoms with E-state index < -0.39 is 0 Å². The molecule has 2 amide bonds. The number of hydrogen-bond acceptors (Lipinski definition) is 7. The van der Waals surface area contributed by atoms with Crippen LogP contribution >= 0.6 is 11.5 Å². The first-order chi connectivity index (χ1) is 12.2. The van der Waals surface area contributed by atoms with E-state index >= 15 is 0 Å². The lowest BCUT2D eigenvalue weighted by atomic mass is 10.3. The SMILES string of the molecule is CCc1nsc(N2CCN(C(=O)Nc3ccn(CCOC)n3)CC2)n1. The summed E-state index contributed by atoms with van der Waals surface area (Å²) in [5, 5.41) is 8.09. The molecule has 1 saturated heterocycles. The van der Waals surface area contributed by atoms with E-state index in [-0.39, 0.29) is 6.03 Å². The number of piperazine rings is 1. The number of carbonyl (C=O) groups excluding carboxylic acids is 1. The van der Waals surface area contributed by atoms with E-state index in [0.29, 0.717) is 32.1 Å². The second-order valence-corrected chi connectivity index (χ2v) is 6.44. The molecule has 25 heavy (non-hydrogen) atoms. The van der Waals surface area contributed by atoms with Crippen molar-refractivity contribution in [3.05, 3.63) is 18.1 Å². The number of urea groups is 1. The van der Waals surface area contributed by atoms with Crippen molar-refractivity contribution in [3.63, 3.8) is 0 Å². The standard InChI is InChI=1S/C15H23N7O2S/c1-3-12-17-15(25-19-12)21-8-6-20(7-9-21)14(23)16-13-4-5-22(18-13)10-11-24-2/h4-5H,3,6-11H2,1-2H3,(H,16,18,23). The van der Waals surface area contributed by atoms with Crippen LogP contribution in [-0.4, -0.2) is 70.0 Å². The Labute approximate surface area is 150 Å². The third kappa shape index (κ3) is 4.45. The molecular formula is C15H23N7O2S. The van der Waals surface area contributed by atoms with E-state index in [9.17, 15) is 4.79 Å². The third-order valence-corrected chi connectivity index (χ3v) is 4.83. The van der Waals surface area contributed by atoms with Crippen LogP contribution in [0.5, 0.6) is 0 Å². The van der Waals surface area contributed by atoms with Gasteiger partial charge in [0.15, 0.2) is 5.82 Å². The summed E-state index contributed by atoms with van der Waals surface area (Å²) in [5.41, 5.74) is 0. The number of carbonyl (C=O) groups is 1. The number of rotatable bonds is 6. The van der Waals surface area contributed by atoms with Gasteiger partial charge in [0.05, 0.1) is 13.2 Å². The number of anilines is 2. The van der Waals surface area contributed by atoms with Gasteiger partial charge in [-0.05, 0) is 0 Å². The van der Waals surface area contributed by atoms with E-state index in [2.05, 4.69) is 24.7 Å². The Kier molecular flexibility index (Phi) is 5.82. The van der Waals surface area contributed by atoms with E-state index in [1.54, 1.807) is 22.8 Å². The summed E-state index contributed by atoms with van der Waals surface area (Å²) in [4.78, 5) is 20.9. The highest BCUT2D eigenvalue weighted by molar-refractivity contribution is 7.09. The Morgan fingerprint density at radius 3 is 2.84 bits per heavy atom. The smallest absolute Gasteiger partial charge is 0.323 e. The van der Waals surface area contributed by atoms with Crippen molar-refractivity contribution < 1.29 is 9.53 Å². The summed E-state index contributed by atoms with van der Waals surface area (Å²) in [6.45, 7) is 6.11. The number of aryl methyl sites for hydroxylation is 1. The minimum Gasteiger partial charge on any atom is -0.383 e. The summed E-state index contributed by atoms with van der Waals surface area (Å²) in [7, 11) is 1.65. The minimum atomic E-state index is -0.122. The summed E-state index contributed by atoms with van der Waals surface area (Å²) in [6.07, 6.45) is 2.67. The van der Waals surface area contributed by atoms with Crippen LogP contribution in [0.15, 0.2) is 12.3 Å². The number of aromatic nitrogens is 4. The van der Waals surface area contributed by atoms with Crippen LogP contribution in [0.1, 0.15) is 12.7 Å². The van der Waals surface area contributed by atoms with Gasteiger partial charge in [0.1, 0.15) is 5.82 Å². The van der Waals surface area contributed by atoms with E-state index in [1.807, 2.05) is 13.1 Å². The van der Waals surface area contributed by atoms with Gasteiger partial charge in [-0.25, -0.2) is 9.78 Å². The number of ether oxygens (including phenoxy) is 1. The van der Waals surface area contributed by atoms with Crippen molar-refractivity contribution in [3.8, 4) is 0 Å². The molecule has 0 radical (unpaired) electrons. The molecule has 0 aromatic carbocycles. The number of nitrogens with zero attached hydrogens (tertiary/aromatic N) is 6. The number of methoxy groups -OCH3 is 1. The van der Waals surface area contributed by atoms with Crippen molar-refractivity contribution in [1.82, 2.24) is 24.0 Å². The van der Waals surface area contributed by atoms with Crippen LogP contribution in [0.3, 0.4) is 0 Å².